The second kappa shape index (κ2) is 6.36. The van der Waals surface area contributed by atoms with Crippen LogP contribution >= 0.6 is 11.6 Å². The highest BCUT2D eigenvalue weighted by Crippen LogP contribution is 2.32. The molecular formula is C23H17ClN2O. The summed E-state index contributed by atoms with van der Waals surface area (Å²) in [6.07, 6.45) is 2.83. The molecule has 0 atom stereocenters. The summed E-state index contributed by atoms with van der Waals surface area (Å²) >= 11 is 6.23. The minimum Gasteiger partial charge on any atom is -0.321 e. The van der Waals surface area contributed by atoms with Gasteiger partial charge in [0.25, 0.3) is 5.91 Å². The Hall–Kier alpha value is -2.91. The molecule has 1 aliphatic rings. The van der Waals surface area contributed by atoms with Gasteiger partial charge in [-0.25, -0.2) is 0 Å². The number of nitrogens with zero attached hydrogens (tertiary/aromatic N) is 1. The number of halogens is 1. The van der Waals surface area contributed by atoms with Crippen molar-refractivity contribution in [3.8, 4) is 0 Å². The van der Waals surface area contributed by atoms with Crippen LogP contribution in [0.2, 0.25) is 5.02 Å². The molecule has 3 nitrogen and oxygen atoms in total. The van der Waals surface area contributed by atoms with Crippen molar-refractivity contribution in [2.75, 3.05) is 5.32 Å². The Morgan fingerprint density at radius 1 is 0.963 bits per heavy atom. The number of hydrogen-bond donors (Lipinski definition) is 1. The predicted octanol–water partition coefficient (Wildman–Crippen LogP) is 5.78. The molecule has 0 spiro atoms. The van der Waals surface area contributed by atoms with Gasteiger partial charge in [-0.1, -0.05) is 48.0 Å². The highest BCUT2D eigenvalue weighted by Gasteiger charge is 2.24. The number of rotatable bonds is 2. The van der Waals surface area contributed by atoms with Gasteiger partial charge in [0, 0.05) is 27.2 Å². The van der Waals surface area contributed by atoms with E-state index in [1.807, 2.05) is 60.7 Å². The first kappa shape index (κ1) is 16.3. The molecule has 0 aliphatic heterocycles. The summed E-state index contributed by atoms with van der Waals surface area (Å²) in [5.41, 5.74) is 4.44. The number of carbonyl (C=O) groups excluding carboxylic acids is 1. The van der Waals surface area contributed by atoms with Crippen LogP contribution in [0.5, 0.6) is 0 Å². The van der Waals surface area contributed by atoms with Gasteiger partial charge in [-0.15, -0.1) is 0 Å². The Morgan fingerprint density at radius 2 is 1.81 bits per heavy atom. The van der Waals surface area contributed by atoms with Crippen molar-refractivity contribution in [1.29, 1.82) is 0 Å². The number of benzene rings is 3. The van der Waals surface area contributed by atoms with Gasteiger partial charge in [-0.05, 0) is 54.5 Å². The van der Waals surface area contributed by atoms with Crippen LogP contribution in [0.1, 0.15) is 28.0 Å². The van der Waals surface area contributed by atoms with Crippen LogP contribution in [0.3, 0.4) is 0 Å². The lowest BCUT2D eigenvalue weighted by atomic mass is 10.00. The molecule has 0 unspecified atom stereocenters. The van der Waals surface area contributed by atoms with E-state index in [1.54, 1.807) is 0 Å². The molecular weight excluding hydrogens is 356 g/mol. The molecule has 3 aromatic carbocycles. The van der Waals surface area contributed by atoms with E-state index < -0.39 is 0 Å². The second-order valence-electron chi connectivity index (χ2n) is 6.91. The molecule has 0 fully saturated rings. The third-order valence-corrected chi connectivity index (χ3v) is 5.47. The predicted molar refractivity (Wildman–Crippen MR) is 111 cm³/mol. The minimum absolute atomic E-state index is 0.0980. The van der Waals surface area contributed by atoms with E-state index in [0.29, 0.717) is 10.6 Å². The van der Waals surface area contributed by atoms with Gasteiger partial charge in [0.2, 0.25) is 0 Å². The number of hydrogen-bond acceptors (Lipinski definition) is 2. The van der Waals surface area contributed by atoms with Crippen molar-refractivity contribution in [3.05, 3.63) is 82.5 Å². The van der Waals surface area contributed by atoms with Gasteiger partial charge in [0.05, 0.1) is 11.1 Å². The maximum absolute atomic E-state index is 13.4. The number of anilines is 1. The summed E-state index contributed by atoms with van der Waals surface area (Å²) in [5.74, 6) is -0.0980. The largest absolute Gasteiger partial charge is 0.321 e. The zero-order chi connectivity index (χ0) is 18.4. The van der Waals surface area contributed by atoms with Gasteiger partial charge in [0.15, 0.2) is 0 Å². The number of aryl methyl sites for hydroxylation is 1. The lowest BCUT2D eigenvalue weighted by Crippen LogP contribution is -2.16. The summed E-state index contributed by atoms with van der Waals surface area (Å²) in [7, 11) is 0. The molecule has 4 aromatic rings. The monoisotopic (exact) mass is 372 g/mol. The Balaban J connectivity index is 1.67. The standard InChI is InChI=1S/C23H17ClN2O/c24-15-11-12-21-18(13-15)22(17-8-4-10-20(17)25-21)23(27)26-19-9-3-6-14-5-1-2-7-16(14)19/h1-3,5-7,9,11-13H,4,8,10H2,(H,26,27). The Morgan fingerprint density at radius 3 is 2.74 bits per heavy atom. The lowest BCUT2D eigenvalue weighted by molar-refractivity contribution is 0.102. The fraction of sp³-hybridized carbons (Fsp3) is 0.130. The van der Waals surface area contributed by atoms with E-state index >= 15 is 0 Å². The van der Waals surface area contributed by atoms with Gasteiger partial charge >= 0.3 is 0 Å². The van der Waals surface area contributed by atoms with Crippen LogP contribution in [0.15, 0.2) is 60.7 Å². The summed E-state index contributed by atoms with van der Waals surface area (Å²) in [6.45, 7) is 0. The molecule has 5 rings (SSSR count). The Labute approximate surface area is 162 Å². The van der Waals surface area contributed by atoms with Crippen molar-refractivity contribution in [2.45, 2.75) is 19.3 Å². The van der Waals surface area contributed by atoms with E-state index in [9.17, 15) is 4.79 Å². The first-order chi connectivity index (χ1) is 13.2. The topological polar surface area (TPSA) is 42.0 Å². The zero-order valence-corrected chi connectivity index (χ0v) is 15.4. The number of pyridine rings is 1. The first-order valence-electron chi connectivity index (χ1n) is 9.11. The van der Waals surface area contributed by atoms with Crippen LogP contribution in [0.4, 0.5) is 5.69 Å². The third kappa shape index (κ3) is 2.75. The van der Waals surface area contributed by atoms with Crippen LogP contribution in [-0.4, -0.2) is 10.9 Å². The minimum atomic E-state index is -0.0980. The summed E-state index contributed by atoms with van der Waals surface area (Å²) in [4.78, 5) is 18.1. The Bertz CT molecular complexity index is 1210. The van der Waals surface area contributed by atoms with Crippen molar-refractivity contribution in [3.63, 3.8) is 0 Å². The highest BCUT2D eigenvalue weighted by atomic mass is 35.5. The number of aromatic nitrogens is 1. The van der Waals surface area contributed by atoms with E-state index in [1.165, 1.54) is 0 Å². The van der Waals surface area contributed by atoms with Gasteiger partial charge in [0.1, 0.15) is 0 Å². The molecule has 4 heteroatoms. The smallest absolute Gasteiger partial charge is 0.256 e. The summed E-state index contributed by atoms with van der Waals surface area (Å²) in [6, 6.07) is 19.6. The zero-order valence-electron chi connectivity index (χ0n) is 14.6. The van der Waals surface area contributed by atoms with Crippen molar-refractivity contribution < 1.29 is 4.79 Å². The molecule has 0 radical (unpaired) electrons. The maximum atomic E-state index is 13.4. The molecule has 1 heterocycles. The molecule has 0 saturated heterocycles. The Kier molecular flexibility index (Phi) is 3.83. The van der Waals surface area contributed by atoms with Gasteiger partial charge in [-0.3, -0.25) is 9.78 Å². The van der Waals surface area contributed by atoms with E-state index in [2.05, 4.69) is 5.32 Å². The van der Waals surface area contributed by atoms with Gasteiger partial charge in [-0.2, -0.15) is 0 Å². The first-order valence-corrected chi connectivity index (χ1v) is 9.48. The van der Waals surface area contributed by atoms with Crippen LogP contribution < -0.4 is 5.32 Å². The van der Waals surface area contributed by atoms with Crippen molar-refractivity contribution in [1.82, 2.24) is 4.98 Å². The van der Waals surface area contributed by atoms with Crippen molar-refractivity contribution >= 4 is 44.9 Å². The molecule has 0 saturated carbocycles. The summed E-state index contributed by atoms with van der Waals surface area (Å²) < 4.78 is 0. The van der Waals surface area contributed by atoms with Crippen LogP contribution in [-0.2, 0) is 12.8 Å². The van der Waals surface area contributed by atoms with Crippen LogP contribution in [0.25, 0.3) is 21.7 Å². The molecule has 27 heavy (non-hydrogen) atoms. The average Bonchev–Trinajstić information content (AvgIpc) is 3.14. The van der Waals surface area contributed by atoms with E-state index in [0.717, 1.165) is 57.9 Å². The fourth-order valence-corrected chi connectivity index (χ4v) is 4.19. The van der Waals surface area contributed by atoms with Crippen LogP contribution in [0, 0.1) is 0 Å². The van der Waals surface area contributed by atoms with E-state index in [4.69, 9.17) is 16.6 Å². The lowest BCUT2D eigenvalue weighted by Gasteiger charge is -2.14. The van der Waals surface area contributed by atoms with Crippen molar-refractivity contribution in [2.24, 2.45) is 0 Å². The number of fused-ring (bicyclic) bond motifs is 3. The van der Waals surface area contributed by atoms with Gasteiger partial charge < -0.3 is 5.32 Å². The molecule has 1 N–H and O–H groups in total. The molecule has 0 bridgehead atoms. The fourth-order valence-electron chi connectivity index (χ4n) is 4.01. The molecule has 1 aliphatic carbocycles. The normalized spacial score (nSPS) is 13.1. The number of carbonyl (C=O) groups is 1. The molecule has 1 amide bonds. The third-order valence-electron chi connectivity index (χ3n) is 5.24. The number of amides is 1. The number of nitrogens with one attached hydrogen (secondary N) is 1. The SMILES string of the molecule is O=C(Nc1cccc2ccccc12)c1c2c(nc3ccc(Cl)cc13)CCC2. The average molecular weight is 373 g/mol. The highest BCUT2D eigenvalue weighted by molar-refractivity contribution is 6.31. The van der Waals surface area contributed by atoms with E-state index in [-0.39, 0.29) is 5.91 Å². The quantitative estimate of drug-likeness (QED) is 0.484. The maximum Gasteiger partial charge on any atom is 0.256 e. The summed E-state index contributed by atoms with van der Waals surface area (Å²) in [5, 5.41) is 6.69. The molecule has 132 valence electrons. The molecule has 1 aromatic heterocycles. The second-order valence-corrected chi connectivity index (χ2v) is 7.34.